The highest BCUT2D eigenvalue weighted by Gasteiger charge is 2.28. The Bertz CT molecular complexity index is 596. The van der Waals surface area contributed by atoms with Crippen LogP contribution in [0.2, 0.25) is 0 Å². The van der Waals surface area contributed by atoms with Crippen LogP contribution in [-0.2, 0) is 10.0 Å². The minimum Gasteiger partial charge on any atom is -0.396 e. The van der Waals surface area contributed by atoms with Crippen molar-refractivity contribution >= 4 is 15.7 Å². The van der Waals surface area contributed by atoms with E-state index in [0.717, 1.165) is 12.6 Å². The van der Waals surface area contributed by atoms with Gasteiger partial charge < -0.3 is 10.6 Å². The number of benzene rings is 1. The van der Waals surface area contributed by atoms with Gasteiger partial charge in [-0.3, -0.25) is 0 Å². The third-order valence-corrected chi connectivity index (χ3v) is 5.45. The highest BCUT2D eigenvalue weighted by Crippen LogP contribution is 2.21. The molecule has 0 spiro atoms. The number of nitrogens with two attached hydrogens (primary N) is 1. The van der Waals surface area contributed by atoms with Crippen molar-refractivity contribution in [3.63, 3.8) is 0 Å². The van der Waals surface area contributed by atoms with Crippen molar-refractivity contribution in [1.29, 1.82) is 0 Å². The largest absolute Gasteiger partial charge is 0.396 e. The van der Waals surface area contributed by atoms with Crippen LogP contribution in [-0.4, -0.2) is 50.3 Å². The van der Waals surface area contributed by atoms with Gasteiger partial charge in [-0.1, -0.05) is 13.8 Å². The first-order valence-corrected chi connectivity index (χ1v) is 8.52. The topological polar surface area (TPSA) is 66.6 Å². The molecule has 1 heterocycles. The Morgan fingerprint density at radius 2 is 1.86 bits per heavy atom. The fourth-order valence-corrected chi connectivity index (χ4v) is 3.96. The predicted molar refractivity (Wildman–Crippen MR) is 80.8 cm³/mol. The molecule has 0 atom stereocenters. The molecule has 0 aliphatic carbocycles. The van der Waals surface area contributed by atoms with Crippen LogP contribution in [0, 0.1) is 11.7 Å². The zero-order chi connectivity index (χ0) is 15.6. The van der Waals surface area contributed by atoms with Crippen LogP contribution in [0.3, 0.4) is 0 Å². The molecule has 5 nitrogen and oxygen atoms in total. The molecular weight excluding hydrogens is 293 g/mol. The summed E-state index contributed by atoms with van der Waals surface area (Å²) in [6.45, 7) is 7.59. The van der Waals surface area contributed by atoms with Gasteiger partial charge in [-0.2, -0.15) is 4.31 Å². The lowest BCUT2D eigenvalue weighted by molar-refractivity contribution is 0.172. The monoisotopic (exact) mass is 315 g/mol. The lowest BCUT2D eigenvalue weighted by Gasteiger charge is -2.34. The van der Waals surface area contributed by atoms with Crippen LogP contribution in [0.25, 0.3) is 0 Å². The number of hydrogen-bond acceptors (Lipinski definition) is 4. The van der Waals surface area contributed by atoms with Gasteiger partial charge in [0.25, 0.3) is 0 Å². The number of piperazine rings is 1. The molecular formula is C14H22FN3O2S. The number of halogens is 1. The molecule has 118 valence electrons. The minimum atomic E-state index is -3.59. The second kappa shape index (κ2) is 6.29. The molecule has 1 saturated heterocycles. The maximum absolute atomic E-state index is 13.2. The molecule has 1 fully saturated rings. The molecule has 0 saturated carbocycles. The first-order valence-electron chi connectivity index (χ1n) is 7.08. The number of anilines is 1. The molecule has 1 aliphatic heterocycles. The molecule has 2 N–H and O–H groups in total. The van der Waals surface area contributed by atoms with E-state index in [-0.39, 0.29) is 10.6 Å². The molecule has 0 aromatic heterocycles. The fourth-order valence-electron chi connectivity index (χ4n) is 2.50. The zero-order valence-corrected chi connectivity index (χ0v) is 13.2. The Morgan fingerprint density at radius 3 is 2.38 bits per heavy atom. The first kappa shape index (κ1) is 16.2. The minimum absolute atomic E-state index is 0.0544. The molecule has 0 unspecified atom stereocenters. The summed E-state index contributed by atoms with van der Waals surface area (Å²) >= 11 is 0. The van der Waals surface area contributed by atoms with Gasteiger partial charge >= 0.3 is 0 Å². The second-order valence-corrected chi connectivity index (χ2v) is 7.72. The van der Waals surface area contributed by atoms with E-state index in [0.29, 0.717) is 32.1 Å². The van der Waals surface area contributed by atoms with Crippen molar-refractivity contribution in [2.45, 2.75) is 18.7 Å². The van der Waals surface area contributed by atoms with E-state index in [1.807, 2.05) is 0 Å². The average molecular weight is 315 g/mol. The van der Waals surface area contributed by atoms with Crippen LogP contribution < -0.4 is 5.73 Å². The molecule has 1 aliphatic rings. The Kier molecular flexibility index (Phi) is 4.85. The van der Waals surface area contributed by atoms with Gasteiger partial charge in [0.05, 0.1) is 10.6 Å². The fraction of sp³-hybridized carbons (Fsp3) is 0.571. The van der Waals surface area contributed by atoms with Crippen molar-refractivity contribution in [3.8, 4) is 0 Å². The maximum Gasteiger partial charge on any atom is 0.243 e. The van der Waals surface area contributed by atoms with Crippen LogP contribution >= 0.6 is 0 Å². The van der Waals surface area contributed by atoms with E-state index >= 15 is 0 Å². The van der Waals surface area contributed by atoms with Gasteiger partial charge in [0.1, 0.15) is 5.82 Å². The molecule has 1 aromatic carbocycles. The average Bonchev–Trinajstić information content (AvgIpc) is 2.41. The summed E-state index contributed by atoms with van der Waals surface area (Å²) in [6.07, 6.45) is 0. The third kappa shape index (κ3) is 3.72. The van der Waals surface area contributed by atoms with Gasteiger partial charge in [-0.25, -0.2) is 12.8 Å². The van der Waals surface area contributed by atoms with E-state index < -0.39 is 15.8 Å². The SMILES string of the molecule is CC(C)CN1CCN(S(=O)(=O)c2ccc(F)c(N)c2)CC1. The zero-order valence-electron chi connectivity index (χ0n) is 12.4. The van der Waals surface area contributed by atoms with Crippen molar-refractivity contribution < 1.29 is 12.8 Å². The van der Waals surface area contributed by atoms with Crippen LogP contribution in [0.4, 0.5) is 10.1 Å². The normalized spacial score (nSPS) is 18.3. The van der Waals surface area contributed by atoms with Gasteiger partial charge in [0.15, 0.2) is 0 Å². The summed E-state index contributed by atoms with van der Waals surface area (Å²) in [5.74, 6) is -0.0410. The third-order valence-electron chi connectivity index (χ3n) is 3.56. The Balaban J connectivity index is 2.09. The highest BCUT2D eigenvalue weighted by molar-refractivity contribution is 7.89. The van der Waals surface area contributed by atoms with Gasteiger partial charge in [0.2, 0.25) is 10.0 Å². The standard InChI is InChI=1S/C14H22FN3O2S/c1-11(2)10-17-5-7-18(8-6-17)21(19,20)12-3-4-13(15)14(16)9-12/h3-4,9,11H,5-8,10,16H2,1-2H3. The predicted octanol–water partition coefficient (Wildman–Crippen LogP) is 1.37. The van der Waals surface area contributed by atoms with Crippen LogP contribution in [0.5, 0.6) is 0 Å². The number of rotatable bonds is 4. The summed E-state index contributed by atoms with van der Waals surface area (Å²) in [5, 5.41) is 0. The number of hydrogen-bond donors (Lipinski definition) is 1. The van der Waals surface area contributed by atoms with E-state index in [2.05, 4.69) is 18.7 Å². The summed E-state index contributed by atoms with van der Waals surface area (Å²) in [4.78, 5) is 2.31. The number of nitrogens with zero attached hydrogens (tertiary/aromatic N) is 2. The van der Waals surface area contributed by atoms with Gasteiger partial charge in [0, 0.05) is 32.7 Å². The Hall–Kier alpha value is -1.18. The molecule has 7 heteroatoms. The highest BCUT2D eigenvalue weighted by atomic mass is 32.2. The quantitative estimate of drug-likeness (QED) is 0.852. The molecule has 0 radical (unpaired) electrons. The van der Waals surface area contributed by atoms with E-state index in [1.165, 1.54) is 16.4 Å². The summed E-state index contributed by atoms with van der Waals surface area (Å²) in [6, 6.07) is 3.55. The Morgan fingerprint density at radius 1 is 1.24 bits per heavy atom. The lowest BCUT2D eigenvalue weighted by Crippen LogP contribution is -2.49. The molecule has 1 aromatic rings. The smallest absolute Gasteiger partial charge is 0.243 e. The van der Waals surface area contributed by atoms with Crippen molar-refractivity contribution in [1.82, 2.24) is 9.21 Å². The summed E-state index contributed by atoms with van der Waals surface area (Å²) in [5.41, 5.74) is 5.31. The molecule has 0 amide bonds. The number of sulfonamides is 1. The van der Waals surface area contributed by atoms with Gasteiger partial charge in [-0.15, -0.1) is 0 Å². The van der Waals surface area contributed by atoms with Crippen LogP contribution in [0.15, 0.2) is 23.1 Å². The maximum atomic E-state index is 13.2. The summed E-state index contributed by atoms with van der Waals surface area (Å²) < 4.78 is 39.6. The first-order chi connectivity index (χ1) is 9.80. The van der Waals surface area contributed by atoms with E-state index in [9.17, 15) is 12.8 Å². The lowest BCUT2D eigenvalue weighted by atomic mass is 10.2. The molecule has 0 bridgehead atoms. The van der Waals surface area contributed by atoms with E-state index in [4.69, 9.17) is 5.73 Å². The van der Waals surface area contributed by atoms with Crippen molar-refractivity contribution in [2.75, 3.05) is 38.5 Å². The van der Waals surface area contributed by atoms with E-state index in [1.54, 1.807) is 0 Å². The Labute approximate surface area is 125 Å². The molecule has 2 rings (SSSR count). The summed E-state index contributed by atoms with van der Waals surface area (Å²) in [7, 11) is -3.59. The molecule has 21 heavy (non-hydrogen) atoms. The van der Waals surface area contributed by atoms with Crippen molar-refractivity contribution in [2.24, 2.45) is 5.92 Å². The second-order valence-electron chi connectivity index (χ2n) is 5.78. The van der Waals surface area contributed by atoms with Crippen molar-refractivity contribution in [3.05, 3.63) is 24.0 Å². The van der Waals surface area contributed by atoms with Crippen LogP contribution in [0.1, 0.15) is 13.8 Å². The van der Waals surface area contributed by atoms with Gasteiger partial charge in [-0.05, 0) is 24.1 Å². The number of nitrogen functional groups attached to an aromatic ring is 1.